The minimum absolute atomic E-state index is 0.0722. The van der Waals surface area contributed by atoms with E-state index in [0.29, 0.717) is 0 Å². The topological polar surface area (TPSA) is 98.5 Å². The molecular weight excluding hydrogens is 288 g/mol. The number of benzene rings is 1. The van der Waals surface area contributed by atoms with Gasteiger partial charge in [0, 0.05) is 6.07 Å². The highest BCUT2D eigenvalue weighted by atomic mass is 35.5. The van der Waals surface area contributed by atoms with Gasteiger partial charge in [0.1, 0.15) is 11.1 Å². The smallest absolute Gasteiger partial charge is 0.328 e. The highest BCUT2D eigenvalue weighted by molar-refractivity contribution is 6.35. The van der Waals surface area contributed by atoms with Gasteiger partial charge in [0.2, 0.25) is 0 Å². The number of nitro benzene ring substituents is 1. The molecule has 1 aromatic carbocycles. The van der Waals surface area contributed by atoms with Crippen molar-refractivity contribution in [1.29, 1.82) is 0 Å². The summed E-state index contributed by atoms with van der Waals surface area (Å²) >= 11 is 5.80. The third-order valence-electron chi connectivity index (χ3n) is 2.41. The molecule has 0 saturated carbocycles. The minimum Gasteiger partial charge on any atom is -0.464 e. The van der Waals surface area contributed by atoms with Crippen LogP contribution < -0.4 is 5.32 Å². The Balaban J connectivity index is 2.91. The number of carbonyl (C=O) groups is 2. The number of rotatable bonds is 5. The standard InChI is InChI=1S/C12H13ClN2O5/c1-3-20-12(17)7(2)14-11(16)8-5-4-6-9(10(8)13)15(18)19/h4-7H,3H2,1-2H3,(H,14,16). The first-order valence-electron chi connectivity index (χ1n) is 5.78. The number of nitro groups is 1. The molecule has 8 heteroatoms. The van der Waals surface area contributed by atoms with Crippen LogP contribution in [0.5, 0.6) is 0 Å². The fraction of sp³-hybridized carbons (Fsp3) is 0.333. The number of amides is 1. The zero-order valence-electron chi connectivity index (χ0n) is 10.9. The summed E-state index contributed by atoms with van der Waals surface area (Å²) in [4.78, 5) is 33.4. The first-order valence-corrected chi connectivity index (χ1v) is 6.16. The Labute approximate surface area is 120 Å². The molecule has 1 unspecified atom stereocenters. The predicted octanol–water partition coefficient (Wildman–Crippen LogP) is 1.93. The van der Waals surface area contributed by atoms with Gasteiger partial charge in [-0.1, -0.05) is 17.7 Å². The molecule has 1 rings (SSSR count). The van der Waals surface area contributed by atoms with Crippen molar-refractivity contribution in [3.05, 3.63) is 38.9 Å². The largest absolute Gasteiger partial charge is 0.464 e. The molecule has 0 aliphatic rings. The van der Waals surface area contributed by atoms with Crippen LogP contribution in [0.4, 0.5) is 5.69 Å². The van der Waals surface area contributed by atoms with E-state index < -0.39 is 22.8 Å². The fourth-order valence-electron chi connectivity index (χ4n) is 1.44. The van der Waals surface area contributed by atoms with Crippen LogP contribution in [0, 0.1) is 10.1 Å². The maximum absolute atomic E-state index is 11.9. The summed E-state index contributed by atoms with van der Waals surface area (Å²) in [6.45, 7) is 3.28. The Bertz CT molecular complexity index is 547. The molecule has 0 aliphatic heterocycles. The molecule has 0 spiro atoms. The Morgan fingerprint density at radius 1 is 1.50 bits per heavy atom. The maximum atomic E-state index is 11.9. The predicted molar refractivity (Wildman–Crippen MR) is 71.7 cm³/mol. The number of hydrogen-bond donors (Lipinski definition) is 1. The van der Waals surface area contributed by atoms with Crippen molar-refractivity contribution >= 4 is 29.2 Å². The van der Waals surface area contributed by atoms with Crippen molar-refractivity contribution < 1.29 is 19.2 Å². The molecule has 0 aliphatic carbocycles. The zero-order valence-corrected chi connectivity index (χ0v) is 11.6. The number of ether oxygens (including phenoxy) is 1. The van der Waals surface area contributed by atoms with E-state index in [9.17, 15) is 19.7 Å². The van der Waals surface area contributed by atoms with Crippen molar-refractivity contribution in [2.24, 2.45) is 0 Å². The Kier molecular flexibility index (Phi) is 5.45. The lowest BCUT2D eigenvalue weighted by Gasteiger charge is -2.13. The van der Waals surface area contributed by atoms with E-state index in [2.05, 4.69) is 5.32 Å². The monoisotopic (exact) mass is 300 g/mol. The van der Waals surface area contributed by atoms with E-state index in [1.54, 1.807) is 6.92 Å². The van der Waals surface area contributed by atoms with Crippen molar-refractivity contribution in [3.8, 4) is 0 Å². The molecule has 0 aromatic heterocycles. The third-order valence-corrected chi connectivity index (χ3v) is 2.80. The maximum Gasteiger partial charge on any atom is 0.328 e. The summed E-state index contributed by atoms with van der Waals surface area (Å²) in [7, 11) is 0. The highest BCUT2D eigenvalue weighted by Crippen LogP contribution is 2.27. The molecule has 0 radical (unpaired) electrons. The quantitative estimate of drug-likeness (QED) is 0.509. The SMILES string of the molecule is CCOC(=O)C(C)NC(=O)c1cccc([N+](=O)[O-])c1Cl. The summed E-state index contributed by atoms with van der Waals surface area (Å²) in [6.07, 6.45) is 0. The Morgan fingerprint density at radius 3 is 2.70 bits per heavy atom. The van der Waals surface area contributed by atoms with Crippen molar-refractivity contribution in [3.63, 3.8) is 0 Å². The van der Waals surface area contributed by atoms with Gasteiger partial charge in [-0.15, -0.1) is 0 Å². The number of esters is 1. The normalized spacial score (nSPS) is 11.6. The number of hydrogen-bond acceptors (Lipinski definition) is 5. The van der Waals surface area contributed by atoms with Crippen LogP contribution in [-0.2, 0) is 9.53 Å². The molecule has 0 bridgehead atoms. The van der Waals surface area contributed by atoms with Gasteiger partial charge in [-0.25, -0.2) is 4.79 Å². The summed E-state index contributed by atoms with van der Waals surface area (Å²) in [5.74, 6) is -1.28. The van der Waals surface area contributed by atoms with Gasteiger partial charge in [0.05, 0.1) is 17.1 Å². The van der Waals surface area contributed by atoms with Crippen LogP contribution in [0.3, 0.4) is 0 Å². The molecular formula is C12H13ClN2O5. The molecule has 0 fully saturated rings. The summed E-state index contributed by atoms with van der Waals surface area (Å²) in [6, 6.07) is 2.99. The average molecular weight is 301 g/mol. The van der Waals surface area contributed by atoms with Crippen molar-refractivity contribution in [2.75, 3.05) is 6.61 Å². The van der Waals surface area contributed by atoms with Gasteiger partial charge in [-0.05, 0) is 19.9 Å². The Morgan fingerprint density at radius 2 is 2.15 bits per heavy atom. The molecule has 1 N–H and O–H groups in total. The Hall–Kier alpha value is -2.15. The van der Waals surface area contributed by atoms with E-state index in [1.807, 2.05) is 0 Å². The van der Waals surface area contributed by atoms with Crippen LogP contribution in [0.2, 0.25) is 5.02 Å². The van der Waals surface area contributed by atoms with Crippen LogP contribution in [0.1, 0.15) is 24.2 Å². The van der Waals surface area contributed by atoms with Crippen LogP contribution >= 0.6 is 11.6 Å². The van der Waals surface area contributed by atoms with Crippen LogP contribution in [-0.4, -0.2) is 29.4 Å². The lowest BCUT2D eigenvalue weighted by molar-refractivity contribution is -0.384. The second kappa shape index (κ2) is 6.85. The van der Waals surface area contributed by atoms with Gasteiger partial charge < -0.3 is 10.1 Å². The van der Waals surface area contributed by atoms with Gasteiger partial charge in [0.15, 0.2) is 0 Å². The van der Waals surface area contributed by atoms with E-state index in [0.717, 1.165) is 0 Å². The first kappa shape index (κ1) is 15.9. The lowest BCUT2D eigenvalue weighted by atomic mass is 10.1. The number of carbonyl (C=O) groups excluding carboxylic acids is 2. The van der Waals surface area contributed by atoms with E-state index in [-0.39, 0.29) is 22.9 Å². The van der Waals surface area contributed by atoms with Gasteiger partial charge >= 0.3 is 5.97 Å². The molecule has 7 nitrogen and oxygen atoms in total. The lowest BCUT2D eigenvalue weighted by Crippen LogP contribution is -2.39. The van der Waals surface area contributed by atoms with Gasteiger partial charge in [-0.3, -0.25) is 14.9 Å². The van der Waals surface area contributed by atoms with Crippen molar-refractivity contribution in [1.82, 2.24) is 5.32 Å². The van der Waals surface area contributed by atoms with Crippen LogP contribution in [0.25, 0.3) is 0 Å². The van der Waals surface area contributed by atoms with Crippen molar-refractivity contribution in [2.45, 2.75) is 19.9 Å². The van der Waals surface area contributed by atoms with E-state index in [4.69, 9.17) is 16.3 Å². The molecule has 1 aromatic rings. The second-order valence-corrected chi connectivity index (χ2v) is 4.22. The number of nitrogens with zero attached hydrogens (tertiary/aromatic N) is 1. The number of halogens is 1. The first-order chi connectivity index (χ1) is 9.38. The number of nitrogens with one attached hydrogen (secondary N) is 1. The van der Waals surface area contributed by atoms with E-state index in [1.165, 1.54) is 25.1 Å². The zero-order chi connectivity index (χ0) is 15.3. The molecule has 0 heterocycles. The molecule has 1 amide bonds. The molecule has 1 atom stereocenters. The second-order valence-electron chi connectivity index (χ2n) is 3.84. The van der Waals surface area contributed by atoms with E-state index >= 15 is 0 Å². The third kappa shape index (κ3) is 3.67. The van der Waals surface area contributed by atoms with Crippen LogP contribution in [0.15, 0.2) is 18.2 Å². The van der Waals surface area contributed by atoms with Gasteiger partial charge in [0.25, 0.3) is 11.6 Å². The summed E-state index contributed by atoms with van der Waals surface area (Å²) in [5, 5.41) is 12.8. The summed E-state index contributed by atoms with van der Waals surface area (Å²) < 4.78 is 4.74. The molecule has 20 heavy (non-hydrogen) atoms. The average Bonchev–Trinajstić information content (AvgIpc) is 2.38. The summed E-state index contributed by atoms with van der Waals surface area (Å²) in [5.41, 5.74) is -0.444. The van der Waals surface area contributed by atoms with Gasteiger partial charge in [-0.2, -0.15) is 0 Å². The minimum atomic E-state index is -0.877. The highest BCUT2D eigenvalue weighted by Gasteiger charge is 2.23. The molecule has 0 saturated heterocycles. The fourth-order valence-corrected chi connectivity index (χ4v) is 1.72. The molecule has 108 valence electrons.